The number of nitrogens with two attached hydrogens (primary N) is 1. The standard InChI is InChI=1S/C30H20BrNO.C30H21NO.C24H18BrN.C18H13NO/c31-22-15-19-25(20-16-22)32(23-7-2-1-3-8-23)24-17-13-21(14-18-24)26-10-6-11-28-27-9-4-5-12-29(27)33-30(26)28;1-2-7-21(8-3-1)22-13-17-24(18-14-22)31-25-19-15-23(16-20-25)26-10-6-11-28-27-9-4-5-12-29(27)32-30(26)28;25-21-15-11-19(12-16-21)20-13-17-24(18-14-20)26(22-7-3-1-4-8-22)23-9-5-2-6-10-23;19-13-10-8-12(9-11-13)14-5-3-6-16-15-4-1-2-7-17(15)20-18(14)16/h1-20H;1-20,31H;1-18H;1-11H,19H2. The zero-order valence-electron chi connectivity index (χ0n) is 60.3. The molecule has 0 saturated heterocycles. The van der Waals surface area contributed by atoms with Gasteiger partial charge >= 0.3 is 0 Å². The molecule has 0 bridgehead atoms. The lowest BCUT2D eigenvalue weighted by Gasteiger charge is -2.25. The van der Waals surface area contributed by atoms with Crippen LogP contribution in [0.5, 0.6) is 0 Å². The fourth-order valence-electron chi connectivity index (χ4n) is 14.3. The predicted octanol–water partition coefficient (Wildman–Crippen LogP) is 30.6. The Bertz CT molecular complexity index is 6480. The second-order valence-electron chi connectivity index (χ2n) is 26.9. The minimum atomic E-state index is 0.769. The molecule has 3 N–H and O–H groups in total. The molecule has 3 heterocycles. The largest absolute Gasteiger partial charge is 0.455 e. The number of hydrogen-bond acceptors (Lipinski definition) is 7. The number of anilines is 9. The van der Waals surface area contributed by atoms with E-state index in [0.717, 1.165) is 159 Å². The van der Waals surface area contributed by atoms with Crippen molar-refractivity contribution in [3.8, 4) is 55.6 Å². The van der Waals surface area contributed by atoms with Gasteiger partial charge in [0.2, 0.25) is 0 Å². The third-order valence-electron chi connectivity index (χ3n) is 19.8. The SMILES string of the molecule is Brc1ccc(-c2ccc(N(c3ccccc3)c3ccccc3)cc2)cc1.Brc1ccc(N(c2ccccc2)c2ccc(-c3cccc4c3oc3ccccc34)cc2)cc1.Nc1ccc(-c2cccc3c2oc2ccccc23)cc1.c1ccc(-c2ccc(Nc3ccc(-c4cccc5c4oc4ccccc45)cc3)cc2)cc1. The van der Waals surface area contributed by atoms with E-state index in [4.69, 9.17) is 19.0 Å². The first-order valence-electron chi connectivity index (χ1n) is 36.8. The quantitative estimate of drug-likeness (QED) is 0.111. The van der Waals surface area contributed by atoms with Crippen molar-refractivity contribution in [2.24, 2.45) is 0 Å². The summed E-state index contributed by atoms with van der Waals surface area (Å²) in [5.41, 5.74) is 32.5. The lowest BCUT2D eigenvalue weighted by Crippen LogP contribution is -2.09. The van der Waals surface area contributed by atoms with Gasteiger partial charge in [0.1, 0.15) is 33.5 Å². The van der Waals surface area contributed by atoms with E-state index in [9.17, 15) is 0 Å². The fourth-order valence-corrected chi connectivity index (χ4v) is 14.8. The van der Waals surface area contributed by atoms with Crippen LogP contribution in [0.1, 0.15) is 0 Å². The van der Waals surface area contributed by atoms with Gasteiger partial charge in [-0.2, -0.15) is 0 Å². The summed E-state index contributed by atoms with van der Waals surface area (Å²) in [6.07, 6.45) is 0. The molecule has 0 fully saturated rings. The molecule has 532 valence electrons. The molecule has 17 aromatic carbocycles. The molecule has 0 amide bonds. The van der Waals surface area contributed by atoms with Gasteiger partial charge in [-0.3, -0.25) is 0 Å². The minimum absolute atomic E-state index is 0.769. The van der Waals surface area contributed by atoms with Crippen LogP contribution in [-0.2, 0) is 0 Å². The number of nitrogens with one attached hydrogen (secondary N) is 1. The van der Waals surface area contributed by atoms with Crippen molar-refractivity contribution >= 4 is 149 Å². The predicted molar refractivity (Wildman–Crippen MR) is 474 cm³/mol. The summed E-state index contributed by atoms with van der Waals surface area (Å²) < 4.78 is 20.6. The average molecular weight is 1560 g/mol. The molecule has 0 saturated carbocycles. The summed E-state index contributed by atoms with van der Waals surface area (Å²) in [6.45, 7) is 0. The number of hydrogen-bond donors (Lipinski definition) is 2. The number of nitrogens with zero attached hydrogens (tertiary/aromatic N) is 2. The molecule has 0 aliphatic heterocycles. The van der Waals surface area contributed by atoms with Crippen molar-refractivity contribution in [2.75, 3.05) is 20.9 Å². The van der Waals surface area contributed by atoms with Gasteiger partial charge in [-0.25, -0.2) is 0 Å². The molecule has 0 aliphatic carbocycles. The van der Waals surface area contributed by atoms with E-state index in [0.29, 0.717) is 0 Å². The van der Waals surface area contributed by atoms with Crippen LogP contribution in [-0.4, -0.2) is 0 Å². The highest BCUT2D eigenvalue weighted by Crippen LogP contribution is 2.43. The topological polar surface area (TPSA) is 84.0 Å². The Morgan fingerprint density at radius 1 is 0.207 bits per heavy atom. The maximum absolute atomic E-state index is 6.25. The number of rotatable bonds is 13. The van der Waals surface area contributed by atoms with Crippen molar-refractivity contribution in [1.29, 1.82) is 0 Å². The number of halogens is 2. The molecule has 0 spiro atoms. The van der Waals surface area contributed by atoms with E-state index < -0.39 is 0 Å². The molecule has 7 nitrogen and oxygen atoms in total. The molecule has 0 unspecified atom stereocenters. The number of fused-ring (bicyclic) bond motifs is 9. The monoisotopic (exact) mass is 1560 g/mol. The van der Waals surface area contributed by atoms with Gasteiger partial charge in [0.25, 0.3) is 0 Å². The van der Waals surface area contributed by atoms with Crippen LogP contribution in [0.4, 0.5) is 51.2 Å². The van der Waals surface area contributed by atoms with E-state index in [2.05, 4.69) is 375 Å². The molecule has 0 atom stereocenters. The number of furan rings is 3. The maximum Gasteiger partial charge on any atom is 0.143 e. The molecule has 3 aromatic heterocycles. The molecule has 9 heteroatoms. The minimum Gasteiger partial charge on any atom is -0.455 e. The zero-order valence-corrected chi connectivity index (χ0v) is 63.5. The molecular weight excluding hydrogens is 1490 g/mol. The van der Waals surface area contributed by atoms with Crippen molar-refractivity contribution in [3.63, 3.8) is 0 Å². The summed E-state index contributed by atoms with van der Waals surface area (Å²) in [5.74, 6) is 0. The third-order valence-corrected chi connectivity index (χ3v) is 20.8. The van der Waals surface area contributed by atoms with Crippen LogP contribution < -0.4 is 20.9 Å². The Morgan fingerprint density at radius 3 is 0.811 bits per heavy atom. The van der Waals surface area contributed by atoms with E-state index >= 15 is 0 Å². The molecule has 0 aliphatic rings. The van der Waals surface area contributed by atoms with Gasteiger partial charge in [0.05, 0.1) is 0 Å². The van der Waals surface area contributed by atoms with Gasteiger partial charge in [-0.15, -0.1) is 0 Å². The van der Waals surface area contributed by atoms with Crippen LogP contribution in [0.3, 0.4) is 0 Å². The average Bonchev–Trinajstić information content (AvgIpc) is 1.64. The van der Waals surface area contributed by atoms with Crippen molar-refractivity contribution in [2.45, 2.75) is 0 Å². The highest BCUT2D eigenvalue weighted by atomic mass is 79.9. The molecule has 20 rings (SSSR count). The Kier molecular flexibility index (Phi) is 20.5. The number of nitrogen functional groups attached to an aromatic ring is 1. The summed E-state index contributed by atoms with van der Waals surface area (Å²) in [5, 5.41) is 10.4. The van der Waals surface area contributed by atoms with E-state index in [1.165, 1.54) is 22.3 Å². The van der Waals surface area contributed by atoms with Gasteiger partial charge in [0, 0.05) is 109 Å². The Balaban J connectivity index is 0.000000109. The molecule has 0 radical (unpaired) electrons. The lowest BCUT2D eigenvalue weighted by atomic mass is 10.0. The lowest BCUT2D eigenvalue weighted by molar-refractivity contribution is 0.669. The van der Waals surface area contributed by atoms with E-state index in [-0.39, 0.29) is 0 Å². The maximum atomic E-state index is 6.25. The normalized spacial score (nSPS) is 11.0. The first-order valence-corrected chi connectivity index (χ1v) is 38.4. The van der Waals surface area contributed by atoms with E-state index in [1.54, 1.807) is 0 Å². The first kappa shape index (κ1) is 70.3. The van der Waals surface area contributed by atoms with Crippen LogP contribution in [0.2, 0.25) is 0 Å². The molecule has 20 aromatic rings. The Labute approximate surface area is 661 Å². The summed E-state index contributed by atoms with van der Waals surface area (Å²) in [6, 6.07) is 144. The van der Waals surface area contributed by atoms with Crippen LogP contribution in [0, 0.1) is 0 Å². The highest BCUT2D eigenvalue weighted by Gasteiger charge is 2.19. The van der Waals surface area contributed by atoms with E-state index in [1.807, 2.05) is 91.0 Å². The van der Waals surface area contributed by atoms with Gasteiger partial charge < -0.3 is 34.1 Å². The smallest absolute Gasteiger partial charge is 0.143 e. The van der Waals surface area contributed by atoms with Gasteiger partial charge in [-0.05, 0) is 191 Å². The van der Waals surface area contributed by atoms with Crippen molar-refractivity contribution < 1.29 is 13.3 Å². The Hall–Kier alpha value is -13.7. The van der Waals surface area contributed by atoms with Crippen LogP contribution in [0.25, 0.3) is 121 Å². The van der Waals surface area contributed by atoms with Gasteiger partial charge in [0.15, 0.2) is 0 Å². The van der Waals surface area contributed by atoms with Crippen molar-refractivity contribution in [3.05, 3.63) is 428 Å². The zero-order chi connectivity index (χ0) is 74.8. The third kappa shape index (κ3) is 15.5. The fraction of sp³-hybridized carbons (Fsp3) is 0. The molecule has 111 heavy (non-hydrogen) atoms. The van der Waals surface area contributed by atoms with Crippen molar-refractivity contribution in [1.82, 2.24) is 0 Å². The number of benzene rings is 17. The second-order valence-corrected chi connectivity index (χ2v) is 28.7. The number of para-hydroxylation sites is 9. The Morgan fingerprint density at radius 2 is 0.450 bits per heavy atom. The second kappa shape index (κ2) is 32.4. The summed E-state index contributed by atoms with van der Waals surface area (Å²) >= 11 is 7.04. The van der Waals surface area contributed by atoms with Crippen LogP contribution >= 0.6 is 31.9 Å². The van der Waals surface area contributed by atoms with Gasteiger partial charge in [-0.1, -0.05) is 299 Å². The molecular formula is C102H72Br2N4O3. The first-order chi connectivity index (χ1) is 54.8. The summed E-state index contributed by atoms with van der Waals surface area (Å²) in [4.78, 5) is 4.53. The van der Waals surface area contributed by atoms with Crippen LogP contribution in [0.15, 0.2) is 441 Å². The summed E-state index contributed by atoms with van der Waals surface area (Å²) in [7, 11) is 0. The highest BCUT2D eigenvalue weighted by molar-refractivity contribution is 9.10.